The first-order valence-electron chi connectivity index (χ1n) is 6.44. The van der Waals surface area contributed by atoms with E-state index in [2.05, 4.69) is 26.9 Å². The van der Waals surface area contributed by atoms with E-state index in [1.165, 1.54) is 7.11 Å². The molecule has 0 aromatic carbocycles. The first-order chi connectivity index (χ1) is 9.06. The van der Waals surface area contributed by atoms with Crippen molar-refractivity contribution in [2.24, 2.45) is 0 Å². The van der Waals surface area contributed by atoms with E-state index in [1.54, 1.807) is 11.9 Å². The molecular formula is C13H22N4O2. The Bertz CT molecular complexity index is 423. The molecule has 1 aromatic rings. The molecule has 0 saturated carbocycles. The molecule has 1 aromatic heterocycles. The minimum Gasteiger partial charge on any atom is -0.468 e. The Morgan fingerprint density at radius 3 is 2.84 bits per heavy atom. The zero-order valence-electron chi connectivity index (χ0n) is 12.1. The van der Waals surface area contributed by atoms with Crippen molar-refractivity contribution in [2.75, 3.05) is 37.5 Å². The van der Waals surface area contributed by atoms with Crippen molar-refractivity contribution >= 4 is 17.6 Å². The summed E-state index contributed by atoms with van der Waals surface area (Å²) >= 11 is 0. The van der Waals surface area contributed by atoms with E-state index in [4.69, 9.17) is 0 Å². The van der Waals surface area contributed by atoms with Gasteiger partial charge in [0.15, 0.2) is 0 Å². The van der Waals surface area contributed by atoms with Crippen LogP contribution in [0.15, 0.2) is 6.07 Å². The van der Waals surface area contributed by atoms with E-state index in [9.17, 15) is 4.79 Å². The highest BCUT2D eigenvalue weighted by Gasteiger charge is 2.10. The summed E-state index contributed by atoms with van der Waals surface area (Å²) in [6.45, 7) is 5.03. The number of hydrogen-bond donors (Lipinski definition) is 1. The second kappa shape index (κ2) is 7.56. The fourth-order valence-corrected chi connectivity index (χ4v) is 1.57. The number of aromatic nitrogens is 2. The van der Waals surface area contributed by atoms with Crippen molar-refractivity contribution in [3.63, 3.8) is 0 Å². The minimum absolute atomic E-state index is 0.168. The van der Waals surface area contributed by atoms with Gasteiger partial charge in [0.1, 0.15) is 24.0 Å². The number of carbonyl (C=O) groups excluding carboxylic acids is 1. The predicted octanol–water partition coefficient (Wildman–Crippen LogP) is 1.61. The van der Waals surface area contributed by atoms with E-state index >= 15 is 0 Å². The van der Waals surface area contributed by atoms with Gasteiger partial charge in [-0.3, -0.25) is 4.79 Å². The van der Waals surface area contributed by atoms with Crippen LogP contribution in [0.2, 0.25) is 0 Å². The van der Waals surface area contributed by atoms with Crippen molar-refractivity contribution in [2.45, 2.75) is 26.7 Å². The Morgan fingerprint density at radius 1 is 1.47 bits per heavy atom. The second-order valence-corrected chi connectivity index (χ2v) is 4.37. The third-order valence-corrected chi connectivity index (χ3v) is 2.65. The van der Waals surface area contributed by atoms with Gasteiger partial charge in [-0.1, -0.05) is 13.3 Å². The number of hydrogen-bond acceptors (Lipinski definition) is 6. The summed E-state index contributed by atoms with van der Waals surface area (Å²) in [7, 11) is 3.17. The largest absolute Gasteiger partial charge is 0.468 e. The number of esters is 1. The number of nitrogens with zero attached hydrogens (tertiary/aromatic N) is 3. The number of likely N-dealkylation sites (N-methyl/N-ethyl adjacent to an activating group) is 1. The third-order valence-electron chi connectivity index (χ3n) is 2.65. The van der Waals surface area contributed by atoms with Crippen LogP contribution >= 0.6 is 0 Å². The zero-order chi connectivity index (χ0) is 14.3. The van der Waals surface area contributed by atoms with Gasteiger partial charge in [0.05, 0.1) is 7.11 Å². The molecule has 0 fully saturated rings. The molecule has 1 N–H and O–H groups in total. The lowest BCUT2D eigenvalue weighted by Gasteiger charge is -2.18. The Labute approximate surface area is 114 Å². The smallest absolute Gasteiger partial charge is 0.325 e. The van der Waals surface area contributed by atoms with Gasteiger partial charge in [0.25, 0.3) is 0 Å². The number of methoxy groups -OCH3 is 1. The maximum absolute atomic E-state index is 11.3. The highest BCUT2D eigenvalue weighted by Crippen LogP contribution is 2.14. The van der Waals surface area contributed by atoms with Gasteiger partial charge in [-0.25, -0.2) is 9.97 Å². The third kappa shape index (κ3) is 5.11. The maximum atomic E-state index is 11.3. The molecule has 0 aliphatic carbocycles. The lowest BCUT2D eigenvalue weighted by atomic mass is 10.3. The molecule has 1 heterocycles. The molecule has 1 rings (SSSR count). The number of ether oxygens (including phenoxy) is 1. The van der Waals surface area contributed by atoms with Crippen LogP contribution < -0.4 is 10.2 Å². The first kappa shape index (κ1) is 15.2. The molecule has 0 atom stereocenters. The van der Waals surface area contributed by atoms with Gasteiger partial charge in [0.2, 0.25) is 0 Å². The number of aryl methyl sites for hydroxylation is 1. The molecule has 0 saturated heterocycles. The van der Waals surface area contributed by atoms with Crippen molar-refractivity contribution < 1.29 is 9.53 Å². The molecule has 6 heteroatoms. The van der Waals surface area contributed by atoms with Gasteiger partial charge in [-0.05, 0) is 13.3 Å². The summed E-state index contributed by atoms with van der Waals surface area (Å²) in [6.07, 6.45) is 2.22. The van der Waals surface area contributed by atoms with Crippen LogP contribution in [0.25, 0.3) is 0 Å². The average molecular weight is 266 g/mol. The summed E-state index contributed by atoms with van der Waals surface area (Å²) < 4.78 is 4.64. The number of nitrogens with one attached hydrogen (secondary N) is 1. The molecule has 0 aliphatic rings. The van der Waals surface area contributed by atoms with Gasteiger partial charge >= 0.3 is 5.97 Å². The molecule has 0 radical (unpaired) electrons. The van der Waals surface area contributed by atoms with Gasteiger partial charge in [-0.2, -0.15) is 0 Å². The Kier molecular flexibility index (Phi) is 6.05. The molecule has 6 nitrogen and oxygen atoms in total. The van der Waals surface area contributed by atoms with Crippen molar-refractivity contribution in [3.8, 4) is 0 Å². The molecular weight excluding hydrogens is 244 g/mol. The van der Waals surface area contributed by atoms with Crippen LogP contribution in [-0.4, -0.2) is 43.2 Å². The normalized spacial score (nSPS) is 10.1. The molecule has 0 bridgehead atoms. The molecule has 0 spiro atoms. The fourth-order valence-electron chi connectivity index (χ4n) is 1.57. The van der Waals surface area contributed by atoms with E-state index in [0.29, 0.717) is 11.6 Å². The molecule has 19 heavy (non-hydrogen) atoms. The standard InChI is InChI=1S/C13H22N4O2/c1-5-6-7-14-11-8-12(16-10(2)15-11)17(3)9-13(18)19-4/h8H,5-7,9H2,1-4H3,(H,14,15,16). The Hall–Kier alpha value is -1.85. The van der Waals surface area contributed by atoms with Gasteiger partial charge in [-0.15, -0.1) is 0 Å². The number of anilines is 2. The maximum Gasteiger partial charge on any atom is 0.325 e. The number of rotatable bonds is 7. The van der Waals surface area contributed by atoms with Crippen LogP contribution in [0.5, 0.6) is 0 Å². The zero-order valence-corrected chi connectivity index (χ0v) is 12.1. The van der Waals surface area contributed by atoms with Crippen LogP contribution in [-0.2, 0) is 9.53 Å². The number of carbonyl (C=O) groups is 1. The summed E-state index contributed by atoms with van der Waals surface area (Å²) in [5.74, 6) is 1.87. The first-order valence-corrected chi connectivity index (χ1v) is 6.44. The molecule has 0 amide bonds. The van der Waals surface area contributed by atoms with Crippen molar-refractivity contribution in [1.29, 1.82) is 0 Å². The lowest BCUT2D eigenvalue weighted by molar-refractivity contribution is -0.138. The van der Waals surface area contributed by atoms with E-state index < -0.39 is 0 Å². The SMILES string of the molecule is CCCCNc1cc(N(C)CC(=O)OC)nc(C)n1. The second-order valence-electron chi connectivity index (χ2n) is 4.37. The van der Waals surface area contributed by atoms with Gasteiger partial charge in [0, 0.05) is 19.7 Å². The summed E-state index contributed by atoms with van der Waals surface area (Å²) in [5, 5.41) is 3.26. The van der Waals surface area contributed by atoms with Crippen LogP contribution in [0.3, 0.4) is 0 Å². The van der Waals surface area contributed by atoms with Crippen LogP contribution in [0.4, 0.5) is 11.6 Å². The quantitative estimate of drug-likeness (QED) is 0.597. The highest BCUT2D eigenvalue weighted by molar-refractivity contribution is 5.75. The van der Waals surface area contributed by atoms with Crippen molar-refractivity contribution in [3.05, 3.63) is 11.9 Å². The van der Waals surface area contributed by atoms with Gasteiger partial charge < -0.3 is 15.0 Å². The van der Waals surface area contributed by atoms with Crippen molar-refractivity contribution in [1.82, 2.24) is 9.97 Å². The van der Waals surface area contributed by atoms with Crippen LogP contribution in [0.1, 0.15) is 25.6 Å². The van der Waals surface area contributed by atoms with E-state index in [-0.39, 0.29) is 12.5 Å². The Morgan fingerprint density at radius 2 is 2.21 bits per heavy atom. The fraction of sp³-hybridized carbons (Fsp3) is 0.615. The lowest BCUT2D eigenvalue weighted by Crippen LogP contribution is -2.27. The monoisotopic (exact) mass is 266 g/mol. The Balaban J connectivity index is 2.74. The summed E-state index contributed by atoms with van der Waals surface area (Å²) in [5.41, 5.74) is 0. The summed E-state index contributed by atoms with van der Waals surface area (Å²) in [4.78, 5) is 21.6. The van der Waals surface area contributed by atoms with E-state index in [0.717, 1.165) is 25.2 Å². The molecule has 106 valence electrons. The predicted molar refractivity (Wildman–Crippen MR) is 75.5 cm³/mol. The highest BCUT2D eigenvalue weighted by atomic mass is 16.5. The topological polar surface area (TPSA) is 67.4 Å². The average Bonchev–Trinajstić information content (AvgIpc) is 2.38. The van der Waals surface area contributed by atoms with Crippen LogP contribution in [0, 0.1) is 6.92 Å². The van der Waals surface area contributed by atoms with E-state index in [1.807, 2.05) is 13.0 Å². The minimum atomic E-state index is -0.292. The molecule has 0 aliphatic heterocycles. The number of unbranched alkanes of at least 4 members (excludes halogenated alkanes) is 1. The molecule has 0 unspecified atom stereocenters. The summed E-state index contributed by atoms with van der Waals surface area (Å²) in [6, 6.07) is 1.84.